The Hall–Kier alpha value is -1.09. The first-order valence-corrected chi connectivity index (χ1v) is 4.06. The van der Waals surface area contributed by atoms with Crippen LogP contribution in [0.5, 0.6) is 5.75 Å². The van der Waals surface area contributed by atoms with Crippen LogP contribution in [0.25, 0.3) is 0 Å². The van der Waals surface area contributed by atoms with Crippen LogP contribution in [0.4, 0.5) is 0 Å². The number of hydrogen-bond donors (Lipinski definition) is 2. The van der Waals surface area contributed by atoms with Crippen LogP contribution in [0.2, 0.25) is 0 Å². The second-order valence-electron chi connectivity index (χ2n) is 3.00. The minimum Gasteiger partial charge on any atom is -0.506 e. The molecule has 0 unspecified atom stereocenters. The van der Waals surface area contributed by atoms with Crippen LogP contribution in [-0.4, -0.2) is 16.1 Å². The smallest absolute Gasteiger partial charge is 0.138 e. The largest absolute Gasteiger partial charge is 0.506 e. The quantitative estimate of drug-likeness (QED) is 0.750. The third-order valence-corrected chi connectivity index (χ3v) is 1.54. The SMILES string of the molecule is C.CC(C)NCc1ncccc1O. The highest BCUT2D eigenvalue weighted by Gasteiger charge is 2.00. The topological polar surface area (TPSA) is 45.2 Å². The molecule has 1 aromatic rings. The third kappa shape index (κ3) is 3.90. The van der Waals surface area contributed by atoms with Crippen molar-refractivity contribution < 1.29 is 5.11 Å². The molecule has 1 rings (SSSR count). The summed E-state index contributed by atoms with van der Waals surface area (Å²) in [4.78, 5) is 4.04. The molecule has 0 aromatic carbocycles. The van der Waals surface area contributed by atoms with Gasteiger partial charge in [0.25, 0.3) is 0 Å². The van der Waals surface area contributed by atoms with Crippen LogP contribution < -0.4 is 5.32 Å². The lowest BCUT2D eigenvalue weighted by Gasteiger charge is -2.07. The standard InChI is InChI=1S/C9H14N2O.CH4/c1-7(2)11-6-8-9(12)4-3-5-10-8;/h3-5,7,11-12H,6H2,1-2H3;1H4. The first kappa shape index (κ1) is 11.9. The molecule has 0 saturated carbocycles. The van der Waals surface area contributed by atoms with E-state index in [-0.39, 0.29) is 13.2 Å². The molecule has 0 amide bonds. The fraction of sp³-hybridized carbons (Fsp3) is 0.500. The molecule has 0 spiro atoms. The van der Waals surface area contributed by atoms with Crippen molar-refractivity contribution in [3.8, 4) is 5.75 Å². The van der Waals surface area contributed by atoms with Crippen molar-refractivity contribution >= 4 is 0 Å². The molecule has 0 atom stereocenters. The number of rotatable bonds is 3. The molecule has 3 nitrogen and oxygen atoms in total. The van der Waals surface area contributed by atoms with E-state index in [0.717, 1.165) is 0 Å². The van der Waals surface area contributed by atoms with Gasteiger partial charge in [-0.05, 0) is 12.1 Å². The van der Waals surface area contributed by atoms with Gasteiger partial charge in [0.15, 0.2) is 0 Å². The molecular formula is C10H18N2O. The Morgan fingerprint density at radius 3 is 2.77 bits per heavy atom. The first-order valence-electron chi connectivity index (χ1n) is 4.06. The highest BCUT2D eigenvalue weighted by molar-refractivity contribution is 5.24. The van der Waals surface area contributed by atoms with Gasteiger partial charge in [-0.3, -0.25) is 4.98 Å². The molecule has 0 aliphatic rings. The van der Waals surface area contributed by atoms with Gasteiger partial charge in [-0.2, -0.15) is 0 Å². The summed E-state index contributed by atoms with van der Waals surface area (Å²) in [6.07, 6.45) is 1.68. The minimum absolute atomic E-state index is 0. The van der Waals surface area contributed by atoms with Gasteiger partial charge in [-0.1, -0.05) is 21.3 Å². The third-order valence-electron chi connectivity index (χ3n) is 1.54. The summed E-state index contributed by atoms with van der Waals surface area (Å²) in [5, 5.41) is 12.5. The number of nitrogens with zero attached hydrogens (tertiary/aromatic N) is 1. The van der Waals surface area contributed by atoms with Crippen molar-refractivity contribution in [2.45, 2.75) is 33.9 Å². The van der Waals surface area contributed by atoms with Gasteiger partial charge in [-0.15, -0.1) is 0 Å². The van der Waals surface area contributed by atoms with E-state index in [9.17, 15) is 5.11 Å². The highest BCUT2D eigenvalue weighted by Crippen LogP contribution is 2.11. The van der Waals surface area contributed by atoms with Crippen molar-refractivity contribution in [1.29, 1.82) is 0 Å². The van der Waals surface area contributed by atoms with E-state index in [1.807, 2.05) is 0 Å². The molecule has 0 saturated heterocycles. The summed E-state index contributed by atoms with van der Waals surface area (Å²) < 4.78 is 0. The van der Waals surface area contributed by atoms with Gasteiger partial charge < -0.3 is 10.4 Å². The Labute approximate surface area is 79.8 Å². The summed E-state index contributed by atoms with van der Waals surface area (Å²) in [6, 6.07) is 3.77. The van der Waals surface area contributed by atoms with Gasteiger partial charge in [0.1, 0.15) is 5.75 Å². The van der Waals surface area contributed by atoms with E-state index in [1.165, 1.54) is 0 Å². The van der Waals surface area contributed by atoms with Gasteiger partial charge >= 0.3 is 0 Å². The molecule has 2 N–H and O–H groups in total. The van der Waals surface area contributed by atoms with E-state index < -0.39 is 0 Å². The first-order chi connectivity index (χ1) is 5.70. The number of hydrogen-bond acceptors (Lipinski definition) is 3. The normalized spacial score (nSPS) is 9.77. The molecule has 13 heavy (non-hydrogen) atoms. The zero-order valence-electron chi connectivity index (χ0n) is 7.41. The maximum Gasteiger partial charge on any atom is 0.138 e. The Kier molecular flexibility index (Phi) is 5.07. The fourth-order valence-electron chi connectivity index (χ4n) is 0.867. The minimum atomic E-state index is 0. The van der Waals surface area contributed by atoms with Crippen molar-refractivity contribution in [3.63, 3.8) is 0 Å². The number of aromatic nitrogens is 1. The van der Waals surface area contributed by atoms with Crippen LogP contribution >= 0.6 is 0 Å². The lowest BCUT2D eigenvalue weighted by molar-refractivity contribution is 0.456. The molecule has 0 fully saturated rings. The Morgan fingerprint density at radius 2 is 2.23 bits per heavy atom. The molecule has 1 aromatic heterocycles. The Balaban J connectivity index is 0.00000144. The van der Waals surface area contributed by atoms with Gasteiger partial charge in [0, 0.05) is 18.8 Å². The maximum atomic E-state index is 9.32. The zero-order valence-corrected chi connectivity index (χ0v) is 7.41. The lowest BCUT2D eigenvalue weighted by atomic mass is 10.3. The van der Waals surface area contributed by atoms with E-state index in [2.05, 4.69) is 24.1 Å². The van der Waals surface area contributed by atoms with Crippen LogP contribution in [0, 0.1) is 0 Å². The Bertz CT molecular complexity index is 248. The van der Waals surface area contributed by atoms with Crippen molar-refractivity contribution in [2.24, 2.45) is 0 Å². The monoisotopic (exact) mass is 182 g/mol. The predicted molar refractivity (Wildman–Crippen MR) is 54.6 cm³/mol. The number of pyridine rings is 1. The summed E-state index contributed by atoms with van der Waals surface area (Å²) in [5.41, 5.74) is 0.700. The molecule has 0 radical (unpaired) electrons. The van der Waals surface area contributed by atoms with Gasteiger partial charge in [0.2, 0.25) is 0 Å². The average molecular weight is 182 g/mol. The molecule has 0 aliphatic carbocycles. The van der Waals surface area contributed by atoms with Crippen molar-refractivity contribution in [1.82, 2.24) is 10.3 Å². The van der Waals surface area contributed by atoms with Crippen LogP contribution in [0.15, 0.2) is 18.3 Å². The summed E-state index contributed by atoms with van der Waals surface area (Å²) >= 11 is 0. The molecular weight excluding hydrogens is 164 g/mol. The maximum absolute atomic E-state index is 9.32. The van der Waals surface area contributed by atoms with Crippen LogP contribution in [-0.2, 0) is 6.54 Å². The van der Waals surface area contributed by atoms with E-state index in [0.29, 0.717) is 18.3 Å². The molecule has 1 heterocycles. The zero-order chi connectivity index (χ0) is 8.97. The predicted octanol–water partition coefficient (Wildman–Crippen LogP) is 1.92. The van der Waals surface area contributed by atoms with Gasteiger partial charge in [-0.25, -0.2) is 0 Å². The summed E-state index contributed by atoms with van der Waals surface area (Å²) in [7, 11) is 0. The average Bonchev–Trinajstić information content (AvgIpc) is 2.03. The molecule has 0 aliphatic heterocycles. The molecule has 0 bridgehead atoms. The summed E-state index contributed by atoms with van der Waals surface area (Å²) in [6.45, 7) is 4.73. The highest BCUT2D eigenvalue weighted by atomic mass is 16.3. The molecule has 3 heteroatoms. The van der Waals surface area contributed by atoms with E-state index in [1.54, 1.807) is 18.3 Å². The van der Waals surface area contributed by atoms with E-state index >= 15 is 0 Å². The molecule has 74 valence electrons. The Morgan fingerprint density at radius 1 is 1.54 bits per heavy atom. The second-order valence-corrected chi connectivity index (χ2v) is 3.00. The fourth-order valence-corrected chi connectivity index (χ4v) is 0.867. The van der Waals surface area contributed by atoms with Crippen LogP contribution in [0.1, 0.15) is 27.0 Å². The number of nitrogens with one attached hydrogen (secondary N) is 1. The van der Waals surface area contributed by atoms with Crippen molar-refractivity contribution in [3.05, 3.63) is 24.0 Å². The van der Waals surface area contributed by atoms with E-state index in [4.69, 9.17) is 0 Å². The summed E-state index contributed by atoms with van der Waals surface area (Å²) in [5.74, 6) is 0.255. The van der Waals surface area contributed by atoms with Crippen molar-refractivity contribution in [2.75, 3.05) is 0 Å². The lowest BCUT2D eigenvalue weighted by Crippen LogP contribution is -2.22. The number of aromatic hydroxyl groups is 1. The van der Waals surface area contributed by atoms with Crippen LogP contribution in [0.3, 0.4) is 0 Å². The second kappa shape index (κ2) is 5.54. The van der Waals surface area contributed by atoms with Gasteiger partial charge in [0.05, 0.1) is 5.69 Å².